The molecule has 0 fully saturated rings. The monoisotopic (exact) mass is 334 g/mol. The first-order valence-electron chi connectivity index (χ1n) is 9.11. The van der Waals surface area contributed by atoms with Crippen LogP contribution in [0.3, 0.4) is 0 Å². The van der Waals surface area contributed by atoms with Crippen molar-refractivity contribution in [3.63, 3.8) is 0 Å². The highest BCUT2D eigenvalue weighted by molar-refractivity contribution is 5.47. The highest BCUT2D eigenvalue weighted by Gasteiger charge is 2.20. The van der Waals surface area contributed by atoms with Crippen molar-refractivity contribution in [3.05, 3.63) is 42.0 Å². The summed E-state index contributed by atoms with van der Waals surface area (Å²) < 4.78 is 11.4. The average Bonchev–Trinajstić information content (AvgIpc) is 2.63. The van der Waals surface area contributed by atoms with Crippen molar-refractivity contribution >= 4 is 6.08 Å². The van der Waals surface area contributed by atoms with Crippen molar-refractivity contribution in [2.45, 2.75) is 52.6 Å². The molecule has 1 rings (SSSR count). The predicted octanol–water partition coefficient (Wildman–Crippen LogP) is 4.83. The normalized spacial score (nSPS) is 13.6. The molecule has 24 heavy (non-hydrogen) atoms. The van der Waals surface area contributed by atoms with Gasteiger partial charge in [0.25, 0.3) is 0 Å². The SMILES string of the molecule is C=Cc1ccc(COCCCCCCOCC(C)(CC)CO)cc1. The van der Waals surface area contributed by atoms with Crippen LogP contribution in [0.4, 0.5) is 0 Å². The van der Waals surface area contributed by atoms with Gasteiger partial charge in [0.2, 0.25) is 0 Å². The molecule has 1 aromatic rings. The summed E-state index contributed by atoms with van der Waals surface area (Å²) in [6.45, 7) is 11.0. The zero-order valence-electron chi connectivity index (χ0n) is 15.4. The Bertz CT molecular complexity index is 435. The maximum Gasteiger partial charge on any atom is 0.0716 e. The third-order valence-corrected chi connectivity index (χ3v) is 4.50. The van der Waals surface area contributed by atoms with E-state index in [4.69, 9.17) is 9.47 Å². The molecule has 136 valence electrons. The molecule has 1 aromatic carbocycles. The van der Waals surface area contributed by atoms with Crippen LogP contribution in [0, 0.1) is 5.41 Å². The molecule has 0 amide bonds. The number of unbranched alkanes of at least 4 members (excludes halogenated alkanes) is 3. The summed E-state index contributed by atoms with van der Waals surface area (Å²) in [5.41, 5.74) is 2.26. The Morgan fingerprint density at radius 2 is 1.67 bits per heavy atom. The molecule has 0 aliphatic carbocycles. The number of hydrogen-bond donors (Lipinski definition) is 1. The molecule has 1 unspecified atom stereocenters. The van der Waals surface area contributed by atoms with E-state index in [2.05, 4.69) is 44.7 Å². The lowest BCUT2D eigenvalue weighted by atomic mass is 9.90. The minimum absolute atomic E-state index is 0.0856. The molecule has 0 bridgehead atoms. The lowest BCUT2D eigenvalue weighted by Gasteiger charge is -2.25. The van der Waals surface area contributed by atoms with Gasteiger partial charge in [-0.05, 0) is 30.4 Å². The van der Waals surface area contributed by atoms with Gasteiger partial charge in [-0.2, -0.15) is 0 Å². The van der Waals surface area contributed by atoms with Crippen molar-refractivity contribution in [1.29, 1.82) is 0 Å². The van der Waals surface area contributed by atoms with Crippen molar-refractivity contribution < 1.29 is 14.6 Å². The average molecular weight is 334 g/mol. The second-order valence-electron chi connectivity index (χ2n) is 6.79. The Morgan fingerprint density at radius 1 is 1.04 bits per heavy atom. The van der Waals surface area contributed by atoms with Crippen LogP contribution in [0.2, 0.25) is 0 Å². The summed E-state index contributed by atoms with van der Waals surface area (Å²) in [4.78, 5) is 0. The Hall–Kier alpha value is -1.16. The zero-order chi connectivity index (χ0) is 17.7. The van der Waals surface area contributed by atoms with Crippen molar-refractivity contribution in [3.8, 4) is 0 Å². The fraction of sp³-hybridized carbons (Fsp3) is 0.619. The smallest absolute Gasteiger partial charge is 0.0716 e. The van der Waals surface area contributed by atoms with E-state index in [9.17, 15) is 5.11 Å². The molecule has 1 atom stereocenters. The Morgan fingerprint density at radius 3 is 2.21 bits per heavy atom. The molecule has 0 heterocycles. The highest BCUT2D eigenvalue weighted by atomic mass is 16.5. The van der Waals surface area contributed by atoms with Gasteiger partial charge >= 0.3 is 0 Å². The van der Waals surface area contributed by atoms with Gasteiger partial charge in [0.1, 0.15) is 0 Å². The highest BCUT2D eigenvalue weighted by Crippen LogP contribution is 2.20. The van der Waals surface area contributed by atoms with Crippen LogP contribution < -0.4 is 0 Å². The topological polar surface area (TPSA) is 38.7 Å². The summed E-state index contributed by atoms with van der Waals surface area (Å²) in [5, 5.41) is 9.32. The molecule has 1 N–H and O–H groups in total. The van der Waals surface area contributed by atoms with Gasteiger partial charge in [-0.1, -0.05) is 63.6 Å². The standard InChI is InChI=1S/C21H34O3/c1-4-19-10-12-20(13-11-19)16-23-14-8-6-7-9-15-24-18-21(3,5-2)17-22/h4,10-13,22H,1,5-9,14-18H2,2-3H3. The predicted molar refractivity (Wildman–Crippen MR) is 101 cm³/mol. The summed E-state index contributed by atoms with van der Waals surface area (Å²) in [5.74, 6) is 0. The number of benzene rings is 1. The van der Waals surface area contributed by atoms with E-state index in [1.807, 2.05) is 6.08 Å². The number of aliphatic hydroxyl groups excluding tert-OH is 1. The van der Waals surface area contributed by atoms with E-state index >= 15 is 0 Å². The van der Waals surface area contributed by atoms with Gasteiger partial charge in [-0.25, -0.2) is 0 Å². The molecular formula is C21H34O3. The first kappa shape index (κ1) is 20.9. The fourth-order valence-electron chi connectivity index (χ4n) is 2.28. The van der Waals surface area contributed by atoms with Crippen LogP contribution in [0.1, 0.15) is 57.1 Å². The fourth-order valence-corrected chi connectivity index (χ4v) is 2.28. The number of ether oxygens (including phenoxy) is 2. The van der Waals surface area contributed by atoms with Gasteiger partial charge in [0.15, 0.2) is 0 Å². The summed E-state index contributed by atoms with van der Waals surface area (Å²) >= 11 is 0. The molecule has 3 heteroatoms. The van der Waals surface area contributed by atoms with E-state index in [0.29, 0.717) is 13.2 Å². The van der Waals surface area contributed by atoms with Gasteiger partial charge in [-0.15, -0.1) is 0 Å². The molecule has 0 aromatic heterocycles. The van der Waals surface area contributed by atoms with Crippen LogP contribution in [0.5, 0.6) is 0 Å². The maximum absolute atomic E-state index is 9.32. The van der Waals surface area contributed by atoms with E-state index in [1.165, 1.54) is 18.4 Å². The van der Waals surface area contributed by atoms with Crippen LogP contribution in [0.25, 0.3) is 6.08 Å². The van der Waals surface area contributed by atoms with Gasteiger partial charge in [-0.3, -0.25) is 0 Å². The molecular weight excluding hydrogens is 300 g/mol. The van der Waals surface area contributed by atoms with Crippen LogP contribution in [-0.4, -0.2) is 31.5 Å². The third-order valence-electron chi connectivity index (χ3n) is 4.50. The lowest BCUT2D eigenvalue weighted by Crippen LogP contribution is -2.26. The molecule has 0 saturated carbocycles. The summed E-state index contributed by atoms with van der Waals surface area (Å²) in [6.07, 6.45) is 7.30. The first-order valence-corrected chi connectivity index (χ1v) is 9.11. The molecule has 0 aliphatic heterocycles. The minimum atomic E-state index is -0.0856. The van der Waals surface area contributed by atoms with Crippen LogP contribution >= 0.6 is 0 Å². The maximum atomic E-state index is 9.32. The Balaban J connectivity index is 1.94. The number of aliphatic hydroxyl groups is 1. The van der Waals surface area contributed by atoms with Crippen molar-refractivity contribution in [2.75, 3.05) is 26.4 Å². The second kappa shape index (κ2) is 12.2. The molecule has 0 saturated heterocycles. The summed E-state index contributed by atoms with van der Waals surface area (Å²) in [7, 11) is 0. The Kier molecular flexibility index (Phi) is 10.6. The Labute approximate surface area is 147 Å². The second-order valence-corrected chi connectivity index (χ2v) is 6.79. The third kappa shape index (κ3) is 8.62. The largest absolute Gasteiger partial charge is 0.396 e. The van der Waals surface area contributed by atoms with E-state index in [0.717, 1.165) is 38.0 Å². The molecule has 0 aliphatic rings. The molecule has 3 nitrogen and oxygen atoms in total. The quantitative estimate of drug-likeness (QED) is 0.495. The van der Waals surface area contributed by atoms with Crippen molar-refractivity contribution in [1.82, 2.24) is 0 Å². The van der Waals surface area contributed by atoms with Crippen LogP contribution in [0.15, 0.2) is 30.8 Å². The number of rotatable bonds is 14. The zero-order valence-corrected chi connectivity index (χ0v) is 15.4. The number of hydrogen-bond acceptors (Lipinski definition) is 3. The summed E-state index contributed by atoms with van der Waals surface area (Å²) in [6, 6.07) is 8.30. The first-order chi connectivity index (χ1) is 11.6. The van der Waals surface area contributed by atoms with Gasteiger partial charge in [0.05, 0.1) is 19.8 Å². The van der Waals surface area contributed by atoms with Gasteiger partial charge < -0.3 is 14.6 Å². The van der Waals surface area contributed by atoms with E-state index in [1.54, 1.807) is 0 Å². The van der Waals surface area contributed by atoms with Crippen LogP contribution in [-0.2, 0) is 16.1 Å². The van der Waals surface area contributed by atoms with E-state index < -0.39 is 0 Å². The lowest BCUT2D eigenvalue weighted by molar-refractivity contribution is 0.0135. The van der Waals surface area contributed by atoms with Crippen molar-refractivity contribution in [2.24, 2.45) is 5.41 Å². The minimum Gasteiger partial charge on any atom is -0.396 e. The molecule has 0 radical (unpaired) electrons. The molecule has 0 spiro atoms. The van der Waals surface area contributed by atoms with Gasteiger partial charge in [0, 0.05) is 18.6 Å². The van der Waals surface area contributed by atoms with E-state index in [-0.39, 0.29) is 12.0 Å².